The first-order valence-electron chi connectivity index (χ1n) is 8.41. The first-order chi connectivity index (χ1) is 11.2. The molecule has 134 valence electrons. The number of ether oxygens (including phenoxy) is 1. The number of hydrogen-bond acceptors (Lipinski definition) is 4. The minimum Gasteiger partial charge on any atom is -0.473 e. The van der Waals surface area contributed by atoms with Gasteiger partial charge in [0.25, 0.3) is 0 Å². The zero-order chi connectivity index (χ0) is 17.6. The van der Waals surface area contributed by atoms with Gasteiger partial charge >= 0.3 is 0 Å². The molecule has 0 radical (unpaired) electrons. The van der Waals surface area contributed by atoms with Crippen LogP contribution in [0.1, 0.15) is 52.4 Å². The molecule has 0 bridgehead atoms. The zero-order valence-corrected chi connectivity index (χ0v) is 14.6. The molecule has 0 rings (SSSR count). The van der Waals surface area contributed by atoms with Crippen molar-refractivity contribution in [1.29, 1.82) is 0 Å². The molecule has 4 nitrogen and oxygen atoms in total. The van der Waals surface area contributed by atoms with E-state index in [4.69, 9.17) is 20.1 Å². The highest BCUT2D eigenvalue weighted by molar-refractivity contribution is 5.02. The normalized spacial score (nSPS) is 11.9. The van der Waals surface area contributed by atoms with Crippen molar-refractivity contribution >= 4 is 0 Å². The van der Waals surface area contributed by atoms with E-state index in [0.29, 0.717) is 0 Å². The molecule has 0 aliphatic carbocycles. The lowest BCUT2D eigenvalue weighted by molar-refractivity contribution is 0.0450. The van der Waals surface area contributed by atoms with E-state index >= 15 is 0 Å². The minimum absolute atomic E-state index is 0.365. The van der Waals surface area contributed by atoms with E-state index < -0.39 is 6.10 Å². The molecular formula is C19H34O4. The number of rotatable bonds is 12. The Morgan fingerprint density at radius 2 is 1.22 bits per heavy atom. The Balaban J connectivity index is 0. The molecule has 3 N–H and O–H groups in total. The highest BCUT2D eigenvalue weighted by Gasteiger charge is 1.93. The summed E-state index contributed by atoms with van der Waals surface area (Å²) in [6.45, 7) is 3.67. The smallest absolute Gasteiger partial charge is 0.100 e. The summed E-state index contributed by atoms with van der Waals surface area (Å²) in [6.07, 6.45) is 22.0. The van der Waals surface area contributed by atoms with Crippen molar-refractivity contribution in [3.8, 4) is 0 Å². The summed E-state index contributed by atoms with van der Waals surface area (Å²) in [5.74, 6) is 0. The van der Waals surface area contributed by atoms with Crippen molar-refractivity contribution in [3.05, 3.63) is 49.0 Å². The Morgan fingerprint density at radius 3 is 1.52 bits per heavy atom. The molecule has 0 saturated heterocycles. The maximum absolute atomic E-state index is 8.17. The Morgan fingerprint density at radius 1 is 0.783 bits per heavy atom. The first kappa shape index (κ1) is 23.9. The monoisotopic (exact) mass is 326 g/mol. The average molecular weight is 326 g/mol. The summed E-state index contributed by atoms with van der Waals surface area (Å²) in [7, 11) is 0. The van der Waals surface area contributed by atoms with Crippen molar-refractivity contribution in [2.45, 2.75) is 58.5 Å². The molecule has 0 aromatic rings. The predicted octanol–water partition coefficient (Wildman–Crippen LogP) is 3.86. The molecule has 0 aromatic carbocycles. The second kappa shape index (κ2) is 22.9. The molecule has 0 heterocycles. The third-order valence-electron chi connectivity index (χ3n) is 2.68. The van der Waals surface area contributed by atoms with Gasteiger partial charge in [0, 0.05) is 0 Å². The van der Waals surface area contributed by atoms with Crippen LogP contribution in [-0.2, 0) is 4.74 Å². The fourth-order valence-electron chi connectivity index (χ4n) is 1.28. The number of allylic oxidation sites excluding steroid dienone is 6. The lowest BCUT2D eigenvalue weighted by Crippen LogP contribution is -2.15. The van der Waals surface area contributed by atoms with Crippen LogP contribution in [0.25, 0.3) is 0 Å². The number of aliphatic hydroxyl groups is 3. The molecule has 0 aliphatic rings. The van der Waals surface area contributed by atoms with Gasteiger partial charge in [-0.05, 0) is 25.0 Å². The third kappa shape index (κ3) is 25.9. The average Bonchev–Trinajstić information content (AvgIpc) is 2.59. The Labute approximate surface area is 141 Å². The molecule has 0 amide bonds. The Kier molecular flexibility index (Phi) is 23.8. The van der Waals surface area contributed by atoms with Crippen LogP contribution >= 0.6 is 0 Å². The minimum atomic E-state index is -0.954. The fourth-order valence-corrected chi connectivity index (χ4v) is 1.28. The van der Waals surface area contributed by atoms with Crippen molar-refractivity contribution < 1.29 is 20.1 Å². The van der Waals surface area contributed by atoms with Crippen molar-refractivity contribution in [3.63, 3.8) is 0 Å². The topological polar surface area (TPSA) is 69.9 Å². The molecule has 0 fully saturated rings. The van der Waals surface area contributed by atoms with Gasteiger partial charge in [-0.25, -0.2) is 0 Å². The SMILES string of the molecule is CCCC/C=C/C=C/O/C=C/C=C/CCCC.OCC(O)CO. The zero-order valence-electron chi connectivity index (χ0n) is 14.6. The van der Waals surface area contributed by atoms with Crippen LogP contribution in [0.5, 0.6) is 0 Å². The highest BCUT2D eigenvalue weighted by atomic mass is 16.5. The lowest BCUT2D eigenvalue weighted by atomic mass is 10.2. The molecule has 0 unspecified atom stereocenters. The molecule has 0 aliphatic heterocycles. The van der Waals surface area contributed by atoms with Gasteiger partial charge in [0.05, 0.1) is 25.7 Å². The largest absolute Gasteiger partial charge is 0.473 e. The molecule has 4 heteroatoms. The fraction of sp³-hybridized carbons (Fsp3) is 0.579. The van der Waals surface area contributed by atoms with Gasteiger partial charge in [-0.15, -0.1) is 0 Å². The van der Waals surface area contributed by atoms with E-state index in [2.05, 4.69) is 26.0 Å². The second-order valence-corrected chi connectivity index (χ2v) is 4.95. The van der Waals surface area contributed by atoms with Crippen LogP contribution in [0.3, 0.4) is 0 Å². The number of aliphatic hydroxyl groups excluding tert-OH is 3. The van der Waals surface area contributed by atoms with Crippen molar-refractivity contribution in [2.24, 2.45) is 0 Å². The van der Waals surface area contributed by atoms with Crippen LogP contribution in [-0.4, -0.2) is 34.6 Å². The predicted molar refractivity (Wildman–Crippen MR) is 96.9 cm³/mol. The molecule has 0 aromatic heterocycles. The molecule has 23 heavy (non-hydrogen) atoms. The first-order valence-corrected chi connectivity index (χ1v) is 8.41. The van der Waals surface area contributed by atoms with Gasteiger partial charge in [-0.1, -0.05) is 63.8 Å². The van der Waals surface area contributed by atoms with E-state index in [1.807, 2.05) is 24.3 Å². The van der Waals surface area contributed by atoms with Crippen molar-refractivity contribution in [1.82, 2.24) is 0 Å². The molecule has 0 spiro atoms. The number of unbranched alkanes of at least 4 members (excludes halogenated alkanes) is 4. The van der Waals surface area contributed by atoms with Crippen LogP contribution < -0.4 is 0 Å². The maximum Gasteiger partial charge on any atom is 0.100 e. The van der Waals surface area contributed by atoms with Crippen LogP contribution in [0.15, 0.2) is 49.0 Å². The van der Waals surface area contributed by atoms with E-state index in [0.717, 1.165) is 12.8 Å². The van der Waals surface area contributed by atoms with E-state index in [-0.39, 0.29) is 13.2 Å². The summed E-state index contributed by atoms with van der Waals surface area (Å²) in [6, 6.07) is 0. The van der Waals surface area contributed by atoms with E-state index in [9.17, 15) is 0 Å². The van der Waals surface area contributed by atoms with Crippen LogP contribution in [0, 0.1) is 0 Å². The van der Waals surface area contributed by atoms with Gasteiger partial charge in [0.1, 0.15) is 6.10 Å². The lowest BCUT2D eigenvalue weighted by Gasteiger charge is -1.96. The summed E-state index contributed by atoms with van der Waals surface area (Å²) in [5, 5.41) is 24.0. The van der Waals surface area contributed by atoms with Gasteiger partial charge in [-0.3, -0.25) is 0 Å². The van der Waals surface area contributed by atoms with Crippen LogP contribution in [0.2, 0.25) is 0 Å². The van der Waals surface area contributed by atoms with Gasteiger partial charge < -0.3 is 20.1 Å². The van der Waals surface area contributed by atoms with Gasteiger partial charge in [0.2, 0.25) is 0 Å². The van der Waals surface area contributed by atoms with Gasteiger partial charge in [0.15, 0.2) is 0 Å². The summed E-state index contributed by atoms with van der Waals surface area (Å²) in [5.41, 5.74) is 0. The molecule has 0 atom stereocenters. The van der Waals surface area contributed by atoms with Crippen molar-refractivity contribution in [2.75, 3.05) is 13.2 Å². The van der Waals surface area contributed by atoms with E-state index in [1.165, 1.54) is 25.7 Å². The van der Waals surface area contributed by atoms with Crippen LogP contribution in [0.4, 0.5) is 0 Å². The maximum atomic E-state index is 8.17. The highest BCUT2D eigenvalue weighted by Crippen LogP contribution is 1.96. The molecule has 0 saturated carbocycles. The molecular weight excluding hydrogens is 292 g/mol. The summed E-state index contributed by atoms with van der Waals surface area (Å²) >= 11 is 0. The second-order valence-electron chi connectivity index (χ2n) is 4.95. The van der Waals surface area contributed by atoms with Gasteiger partial charge in [-0.2, -0.15) is 0 Å². The third-order valence-corrected chi connectivity index (χ3v) is 2.68. The van der Waals surface area contributed by atoms with E-state index in [1.54, 1.807) is 12.5 Å². The number of hydrogen-bond donors (Lipinski definition) is 3. The summed E-state index contributed by atoms with van der Waals surface area (Å²) in [4.78, 5) is 0. The quantitative estimate of drug-likeness (QED) is 0.289. The standard InChI is InChI=1S/C16H26O.C3H8O3/c1-3-5-7-9-11-13-15-17-16-14-12-10-8-6-4-2;4-1-3(6)2-5/h9-16H,3-8H2,1-2H3;3-6H,1-2H2/b11-9+,12-10+,15-13+,16-14+;. The summed E-state index contributed by atoms with van der Waals surface area (Å²) < 4.78 is 5.18. The Hall–Kier alpha value is -1.36. The Bertz CT molecular complexity index is 289.